The number of benzene rings is 2. The van der Waals surface area contributed by atoms with E-state index in [0.717, 1.165) is 16.9 Å². The van der Waals surface area contributed by atoms with Crippen molar-refractivity contribution in [3.63, 3.8) is 0 Å². The number of halogens is 1. The lowest BCUT2D eigenvalue weighted by Crippen LogP contribution is -2.30. The molecule has 4 rings (SSSR count). The van der Waals surface area contributed by atoms with Crippen LogP contribution >= 0.6 is 11.6 Å². The fourth-order valence-corrected chi connectivity index (χ4v) is 3.73. The van der Waals surface area contributed by atoms with Gasteiger partial charge in [0.15, 0.2) is 5.82 Å². The molecule has 3 aromatic rings. The summed E-state index contributed by atoms with van der Waals surface area (Å²) in [4.78, 5) is 34.8. The summed E-state index contributed by atoms with van der Waals surface area (Å²) in [6.07, 6.45) is 1.49. The van der Waals surface area contributed by atoms with Crippen LogP contribution in [-0.2, 0) is 11.3 Å². The monoisotopic (exact) mass is 465 g/mol. The van der Waals surface area contributed by atoms with Gasteiger partial charge in [-0.3, -0.25) is 9.59 Å². The molecule has 33 heavy (non-hydrogen) atoms. The molecule has 1 aromatic heterocycles. The number of nitrogens with one attached hydrogen (secondary N) is 4. The number of amides is 2. The van der Waals surface area contributed by atoms with Gasteiger partial charge < -0.3 is 26.2 Å². The molecule has 2 aromatic carbocycles. The number of para-hydroxylation sites is 1. The first-order valence-corrected chi connectivity index (χ1v) is 10.8. The lowest BCUT2D eigenvalue weighted by molar-refractivity contribution is -0.129. The Bertz CT molecular complexity index is 1200. The Hall–Kier alpha value is -3.85. The molecule has 0 atom stereocenters. The second-order valence-electron chi connectivity index (χ2n) is 7.46. The van der Waals surface area contributed by atoms with Gasteiger partial charge in [-0.05, 0) is 24.3 Å². The molecule has 0 fully saturated rings. The van der Waals surface area contributed by atoms with Gasteiger partial charge in [0.1, 0.15) is 5.02 Å². The summed E-state index contributed by atoms with van der Waals surface area (Å²) in [5.74, 6) is 0.474. The van der Waals surface area contributed by atoms with Crippen LogP contribution in [0.3, 0.4) is 0 Å². The van der Waals surface area contributed by atoms with Gasteiger partial charge >= 0.3 is 0 Å². The van der Waals surface area contributed by atoms with Gasteiger partial charge in [0.05, 0.1) is 17.4 Å². The Morgan fingerprint density at radius 2 is 1.88 bits per heavy atom. The van der Waals surface area contributed by atoms with Gasteiger partial charge in [0.25, 0.3) is 5.91 Å². The molecule has 4 N–H and O–H groups in total. The van der Waals surface area contributed by atoms with Crippen LogP contribution in [-0.4, -0.2) is 46.8 Å². The van der Waals surface area contributed by atoms with E-state index < -0.39 is 0 Å². The summed E-state index contributed by atoms with van der Waals surface area (Å²) in [6, 6.07) is 12.9. The van der Waals surface area contributed by atoms with Gasteiger partial charge in [-0.15, -0.1) is 0 Å². The Kier molecular flexibility index (Phi) is 6.60. The van der Waals surface area contributed by atoms with Crippen molar-refractivity contribution < 1.29 is 9.59 Å². The van der Waals surface area contributed by atoms with Gasteiger partial charge in [-0.1, -0.05) is 29.8 Å². The minimum atomic E-state index is -0.226. The van der Waals surface area contributed by atoms with E-state index in [1.165, 1.54) is 6.20 Å². The highest BCUT2D eigenvalue weighted by molar-refractivity contribution is 6.33. The molecule has 1 aliphatic heterocycles. The Morgan fingerprint density at radius 1 is 1.09 bits per heavy atom. The van der Waals surface area contributed by atoms with Gasteiger partial charge in [0.2, 0.25) is 11.9 Å². The van der Waals surface area contributed by atoms with Crippen LogP contribution in [0.15, 0.2) is 48.7 Å². The first-order chi connectivity index (χ1) is 16.0. The number of rotatable bonds is 5. The minimum Gasteiger partial charge on any atom is -0.383 e. The van der Waals surface area contributed by atoms with Crippen LogP contribution in [0.2, 0.25) is 5.02 Å². The van der Waals surface area contributed by atoms with Crippen molar-refractivity contribution >= 4 is 52.2 Å². The molecule has 0 saturated carbocycles. The largest absolute Gasteiger partial charge is 0.383 e. The van der Waals surface area contributed by atoms with E-state index in [2.05, 4.69) is 31.2 Å². The number of aromatic nitrogens is 2. The molecular weight excluding hydrogens is 442 g/mol. The van der Waals surface area contributed by atoms with Crippen LogP contribution in [0, 0.1) is 0 Å². The third kappa shape index (κ3) is 4.98. The zero-order valence-corrected chi connectivity index (χ0v) is 19.0. The van der Waals surface area contributed by atoms with Crippen LogP contribution in [0.1, 0.15) is 22.8 Å². The molecule has 170 valence electrons. The van der Waals surface area contributed by atoms with Crippen molar-refractivity contribution in [3.8, 4) is 0 Å². The first kappa shape index (κ1) is 22.3. The predicted molar refractivity (Wildman–Crippen MR) is 129 cm³/mol. The summed E-state index contributed by atoms with van der Waals surface area (Å²) in [6.45, 7) is 3.34. The maximum Gasteiger partial charge on any atom is 0.253 e. The topological polar surface area (TPSA) is 111 Å². The van der Waals surface area contributed by atoms with E-state index in [0.29, 0.717) is 47.7 Å². The quantitative estimate of drug-likeness (QED) is 0.454. The van der Waals surface area contributed by atoms with Crippen LogP contribution in [0.25, 0.3) is 0 Å². The van der Waals surface area contributed by atoms with E-state index in [4.69, 9.17) is 11.6 Å². The van der Waals surface area contributed by atoms with Crippen molar-refractivity contribution in [1.82, 2.24) is 20.2 Å². The molecule has 0 aliphatic carbocycles. The maximum atomic E-state index is 12.2. The highest BCUT2D eigenvalue weighted by Crippen LogP contribution is 2.31. The fraction of sp³-hybridized carbons (Fsp3) is 0.217. The Morgan fingerprint density at radius 3 is 2.67 bits per heavy atom. The van der Waals surface area contributed by atoms with E-state index >= 15 is 0 Å². The number of anilines is 5. The summed E-state index contributed by atoms with van der Waals surface area (Å²) in [5, 5.41) is 12.7. The third-order valence-corrected chi connectivity index (χ3v) is 5.59. The van der Waals surface area contributed by atoms with E-state index in [1.807, 2.05) is 24.3 Å². The minimum absolute atomic E-state index is 0.0171. The van der Waals surface area contributed by atoms with Crippen molar-refractivity contribution in [2.45, 2.75) is 13.5 Å². The molecule has 2 heterocycles. The van der Waals surface area contributed by atoms with Crippen molar-refractivity contribution in [3.05, 3.63) is 64.8 Å². The second-order valence-corrected chi connectivity index (χ2v) is 7.87. The molecule has 0 spiro atoms. The zero-order chi connectivity index (χ0) is 23.4. The molecule has 2 amide bonds. The summed E-state index contributed by atoms with van der Waals surface area (Å²) >= 11 is 6.34. The number of hydrogen-bond donors (Lipinski definition) is 4. The highest BCUT2D eigenvalue weighted by Gasteiger charge is 2.19. The molecular formula is C23H24ClN7O2. The molecule has 0 unspecified atom stereocenters. The molecule has 10 heteroatoms. The Balaban J connectivity index is 1.63. The molecule has 0 bridgehead atoms. The van der Waals surface area contributed by atoms with Crippen molar-refractivity contribution in [1.29, 1.82) is 0 Å². The number of nitrogens with zero attached hydrogens (tertiary/aromatic N) is 3. The standard InChI is InChI=1S/C23H24ClN7O2/c1-14(32)31-11-10-26-18-8-5-9-20(16(18)13-31)29-23-27-12-17(24)21(30-23)28-19-7-4-3-6-15(19)22(33)25-2/h3-9,12,26H,10-11,13H2,1-2H3,(H,25,33)(H2,27,28,29,30). The predicted octanol–water partition coefficient (Wildman–Crippen LogP) is 3.75. The average molecular weight is 466 g/mol. The average Bonchev–Trinajstić information content (AvgIpc) is 3.05. The zero-order valence-electron chi connectivity index (χ0n) is 18.3. The smallest absolute Gasteiger partial charge is 0.253 e. The number of carbonyl (C=O) groups excluding carboxylic acids is 2. The number of fused-ring (bicyclic) bond motifs is 1. The number of carbonyl (C=O) groups is 2. The van der Waals surface area contributed by atoms with Crippen LogP contribution < -0.4 is 21.3 Å². The van der Waals surface area contributed by atoms with Crippen LogP contribution in [0.4, 0.5) is 28.8 Å². The lowest BCUT2D eigenvalue weighted by atomic mass is 10.1. The second kappa shape index (κ2) is 9.74. The van der Waals surface area contributed by atoms with Crippen molar-refractivity contribution in [2.75, 3.05) is 36.1 Å². The van der Waals surface area contributed by atoms with Gasteiger partial charge in [0, 0.05) is 50.5 Å². The van der Waals surface area contributed by atoms with Gasteiger partial charge in [-0.25, -0.2) is 4.98 Å². The summed E-state index contributed by atoms with van der Waals surface area (Å²) in [7, 11) is 1.57. The normalized spacial score (nSPS) is 12.8. The fourth-order valence-electron chi connectivity index (χ4n) is 3.59. The first-order valence-electron chi connectivity index (χ1n) is 10.4. The van der Waals surface area contributed by atoms with E-state index in [-0.39, 0.29) is 11.8 Å². The van der Waals surface area contributed by atoms with E-state index in [1.54, 1.807) is 37.1 Å². The molecule has 1 aliphatic rings. The number of hydrogen-bond acceptors (Lipinski definition) is 7. The van der Waals surface area contributed by atoms with Gasteiger partial charge in [-0.2, -0.15) is 4.98 Å². The van der Waals surface area contributed by atoms with Crippen molar-refractivity contribution in [2.24, 2.45) is 0 Å². The molecule has 9 nitrogen and oxygen atoms in total. The van der Waals surface area contributed by atoms with Crippen LogP contribution in [0.5, 0.6) is 0 Å². The molecule has 0 saturated heterocycles. The maximum absolute atomic E-state index is 12.2. The summed E-state index contributed by atoms with van der Waals surface area (Å²) < 4.78 is 0. The highest BCUT2D eigenvalue weighted by atomic mass is 35.5. The Labute approximate surface area is 196 Å². The third-order valence-electron chi connectivity index (χ3n) is 5.31. The summed E-state index contributed by atoms with van der Waals surface area (Å²) in [5.41, 5.74) is 3.72. The SMILES string of the molecule is CNC(=O)c1ccccc1Nc1nc(Nc2cccc3c2CN(C(C)=O)CCN3)ncc1Cl. The molecule has 0 radical (unpaired) electrons. The van der Waals surface area contributed by atoms with E-state index in [9.17, 15) is 9.59 Å². The lowest BCUT2D eigenvalue weighted by Gasteiger charge is -2.20.